The molecule has 0 unspecified atom stereocenters. The van der Waals surface area contributed by atoms with Crippen LogP contribution in [0.4, 0.5) is 10.5 Å². The van der Waals surface area contributed by atoms with Crippen molar-refractivity contribution in [1.82, 2.24) is 19.5 Å². The molecule has 1 aliphatic heterocycles. The third-order valence-electron chi connectivity index (χ3n) is 5.53. The first-order valence-electron chi connectivity index (χ1n) is 10.7. The van der Waals surface area contributed by atoms with Gasteiger partial charge in [0, 0.05) is 24.6 Å². The molecule has 1 fully saturated rings. The second-order valence-corrected chi connectivity index (χ2v) is 10.4. The Morgan fingerprint density at radius 2 is 1.97 bits per heavy atom. The monoisotopic (exact) mass is 447 g/mol. The molecule has 31 heavy (non-hydrogen) atoms. The van der Waals surface area contributed by atoms with E-state index in [0.29, 0.717) is 24.8 Å². The number of sulfonamides is 1. The van der Waals surface area contributed by atoms with Gasteiger partial charge in [-0.3, -0.25) is 4.98 Å². The molecule has 2 aromatic rings. The second-order valence-electron chi connectivity index (χ2n) is 8.78. The van der Waals surface area contributed by atoms with Crippen molar-refractivity contribution in [3.05, 3.63) is 29.2 Å². The lowest BCUT2D eigenvalue weighted by atomic mass is 9.95. The molecule has 0 bridgehead atoms. The van der Waals surface area contributed by atoms with Crippen LogP contribution in [0, 0.1) is 0 Å². The zero-order chi connectivity index (χ0) is 22.3. The minimum atomic E-state index is -4.15. The highest BCUT2D eigenvalue weighted by atomic mass is 32.2. The average Bonchev–Trinajstić information content (AvgIpc) is 3.45. The van der Waals surface area contributed by atoms with Gasteiger partial charge in [-0.05, 0) is 36.3 Å². The maximum Gasteiger partial charge on any atom is 0.333 e. The van der Waals surface area contributed by atoms with Gasteiger partial charge in [-0.1, -0.05) is 27.7 Å². The van der Waals surface area contributed by atoms with Crippen molar-refractivity contribution in [3.63, 3.8) is 0 Å². The Hall–Kier alpha value is -2.62. The van der Waals surface area contributed by atoms with E-state index in [1.807, 2.05) is 33.8 Å². The molecule has 1 saturated carbocycles. The Labute approximate surface area is 182 Å². The third-order valence-corrected chi connectivity index (χ3v) is 6.84. The number of ether oxygens (including phenoxy) is 1. The van der Waals surface area contributed by atoms with Crippen LogP contribution in [-0.4, -0.2) is 35.8 Å². The minimum absolute atomic E-state index is 0.0687. The van der Waals surface area contributed by atoms with E-state index in [2.05, 4.69) is 15.1 Å². The quantitative estimate of drug-likeness (QED) is 0.698. The zero-order valence-corrected chi connectivity index (χ0v) is 19.1. The lowest BCUT2D eigenvalue weighted by molar-refractivity contribution is 0.224. The van der Waals surface area contributed by atoms with Gasteiger partial charge in [0.2, 0.25) is 5.88 Å². The van der Waals surface area contributed by atoms with Crippen LogP contribution in [-0.2, 0) is 16.6 Å². The molecule has 2 aromatic heterocycles. The number of hydrogen-bond acceptors (Lipinski definition) is 6. The van der Waals surface area contributed by atoms with Gasteiger partial charge in [-0.2, -0.15) is 5.10 Å². The molecule has 0 radical (unpaired) electrons. The lowest BCUT2D eigenvalue weighted by Gasteiger charge is -2.21. The van der Waals surface area contributed by atoms with Gasteiger partial charge in [0.15, 0.2) is 4.90 Å². The summed E-state index contributed by atoms with van der Waals surface area (Å²) in [6, 6.07) is 1.21. The number of carbonyl (C=O) groups is 1. The van der Waals surface area contributed by atoms with Gasteiger partial charge in [0.25, 0.3) is 10.0 Å². The van der Waals surface area contributed by atoms with E-state index in [1.54, 1.807) is 0 Å². The van der Waals surface area contributed by atoms with Gasteiger partial charge in [0.05, 0.1) is 24.2 Å². The SMILES string of the molecule is CC(C)c1cc(C2CC2)nc(C(C)C)c1NC(=O)NS(=O)(=O)c1cnn2c1OCCC2. The molecule has 0 spiro atoms. The number of carbonyl (C=O) groups excluding carboxylic acids is 1. The summed E-state index contributed by atoms with van der Waals surface area (Å²) in [6.45, 7) is 9.11. The zero-order valence-electron chi connectivity index (χ0n) is 18.3. The summed E-state index contributed by atoms with van der Waals surface area (Å²) in [6.07, 6.45) is 4.22. The minimum Gasteiger partial charge on any atom is -0.477 e. The van der Waals surface area contributed by atoms with E-state index in [9.17, 15) is 13.2 Å². The molecule has 10 heteroatoms. The molecular formula is C21H29N5O4S. The topological polar surface area (TPSA) is 115 Å². The highest BCUT2D eigenvalue weighted by Crippen LogP contribution is 2.42. The third kappa shape index (κ3) is 4.39. The van der Waals surface area contributed by atoms with E-state index >= 15 is 0 Å². The number of nitrogens with one attached hydrogen (secondary N) is 2. The molecule has 2 N–H and O–H groups in total. The first-order valence-corrected chi connectivity index (χ1v) is 12.2. The Bertz CT molecular complexity index is 1070. The van der Waals surface area contributed by atoms with Crippen LogP contribution in [0.2, 0.25) is 0 Å². The van der Waals surface area contributed by atoms with Crippen LogP contribution < -0.4 is 14.8 Å². The van der Waals surface area contributed by atoms with Crippen LogP contribution in [0.25, 0.3) is 0 Å². The van der Waals surface area contributed by atoms with Gasteiger partial charge >= 0.3 is 6.03 Å². The lowest BCUT2D eigenvalue weighted by Crippen LogP contribution is -2.35. The number of aryl methyl sites for hydroxylation is 1. The number of aromatic nitrogens is 3. The van der Waals surface area contributed by atoms with Crippen molar-refractivity contribution >= 4 is 21.7 Å². The molecule has 168 valence electrons. The number of amides is 2. The molecule has 4 rings (SSSR count). The summed E-state index contributed by atoms with van der Waals surface area (Å²) in [5.41, 5.74) is 3.36. The first-order chi connectivity index (χ1) is 14.7. The molecule has 3 heterocycles. The van der Waals surface area contributed by atoms with E-state index < -0.39 is 16.1 Å². The largest absolute Gasteiger partial charge is 0.477 e. The number of rotatable bonds is 6. The fourth-order valence-electron chi connectivity index (χ4n) is 3.75. The van der Waals surface area contributed by atoms with Crippen molar-refractivity contribution in [2.75, 3.05) is 11.9 Å². The Morgan fingerprint density at radius 3 is 2.61 bits per heavy atom. The maximum absolute atomic E-state index is 12.8. The highest BCUT2D eigenvalue weighted by Gasteiger charge is 2.31. The Kier molecular flexibility index (Phi) is 5.67. The van der Waals surface area contributed by atoms with Crippen LogP contribution in [0.5, 0.6) is 5.88 Å². The Balaban J connectivity index is 1.61. The number of pyridine rings is 1. The molecule has 0 atom stereocenters. The number of fused-ring (bicyclic) bond motifs is 1. The van der Waals surface area contributed by atoms with Crippen LogP contribution in [0.15, 0.2) is 17.2 Å². The van der Waals surface area contributed by atoms with Crippen molar-refractivity contribution in [3.8, 4) is 5.88 Å². The van der Waals surface area contributed by atoms with E-state index in [4.69, 9.17) is 9.72 Å². The summed E-state index contributed by atoms with van der Waals surface area (Å²) in [4.78, 5) is 17.4. The van der Waals surface area contributed by atoms with E-state index in [-0.39, 0.29) is 22.6 Å². The van der Waals surface area contributed by atoms with Gasteiger partial charge < -0.3 is 10.1 Å². The predicted octanol–water partition coefficient (Wildman–Crippen LogP) is 3.70. The first kappa shape index (κ1) is 21.6. The smallest absolute Gasteiger partial charge is 0.333 e. The number of nitrogens with zero attached hydrogens (tertiary/aromatic N) is 3. The molecule has 2 aliphatic rings. The van der Waals surface area contributed by atoms with Gasteiger partial charge in [-0.15, -0.1) is 0 Å². The normalized spacial score (nSPS) is 16.2. The van der Waals surface area contributed by atoms with E-state index in [0.717, 1.165) is 36.2 Å². The number of hydrogen-bond donors (Lipinski definition) is 2. The highest BCUT2D eigenvalue weighted by molar-refractivity contribution is 7.90. The fourth-order valence-corrected chi connectivity index (χ4v) is 4.73. The van der Waals surface area contributed by atoms with Crippen molar-refractivity contribution in [2.45, 2.75) is 76.2 Å². The summed E-state index contributed by atoms with van der Waals surface area (Å²) >= 11 is 0. The molecular weight excluding hydrogens is 418 g/mol. The fraction of sp³-hybridized carbons (Fsp3) is 0.571. The standard InChI is InChI=1S/C21H29N5O4S/c1-12(2)15-10-16(14-6-7-14)23-18(13(3)4)19(15)24-21(27)25-31(28,29)17-11-22-26-8-5-9-30-20(17)26/h10-14H,5-9H2,1-4H3,(H2,24,25,27). The molecule has 2 amide bonds. The van der Waals surface area contributed by atoms with Crippen LogP contribution in [0.1, 0.15) is 81.7 Å². The molecule has 9 nitrogen and oxygen atoms in total. The molecule has 0 saturated heterocycles. The number of urea groups is 1. The van der Waals surface area contributed by atoms with Gasteiger partial charge in [0.1, 0.15) is 0 Å². The summed E-state index contributed by atoms with van der Waals surface area (Å²) in [7, 11) is -4.15. The average molecular weight is 448 g/mol. The second kappa shape index (κ2) is 8.14. The van der Waals surface area contributed by atoms with Crippen molar-refractivity contribution in [2.24, 2.45) is 0 Å². The van der Waals surface area contributed by atoms with E-state index in [1.165, 1.54) is 10.9 Å². The summed E-state index contributed by atoms with van der Waals surface area (Å²) in [5.74, 6) is 0.847. The van der Waals surface area contributed by atoms with Crippen LogP contribution >= 0.6 is 0 Å². The van der Waals surface area contributed by atoms with Gasteiger partial charge in [-0.25, -0.2) is 22.6 Å². The predicted molar refractivity (Wildman–Crippen MR) is 116 cm³/mol. The molecule has 0 aromatic carbocycles. The van der Waals surface area contributed by atoms with Crippen LogP contribution in [0.3, 0.4) is 0 Å². The Morgan fingerprint density at radius 1 is 1.23 bits per heavy atom. The summed E-state index contributed by atoms with van der Waals surface area (Å²) < 4.78 is 34.7. The maximum atomic E-state index is 12.8. The summed E-state index contributed by atoms with van der Waals surface area (Å²) in [5, 5.41) is 6.82. The van der Waals surface area contributed by atoms with Crippen molar-refractivity contribution in [1.29, 1.82) is 0 Å². The number of anilines is 1. The molecule has 1 aliphatic carbocycles. The van der Waals surface area contributed by atoms with Crippen molar-refractivity contribution < 1.29 is 17.9 Å².